The topological polar surface area (TPSA) is 51.0 Å². The molecule has 0 spiro atoms. The highest BCUT2D eigenvalue weighted by Gasteiger charge is 2.24. The van der Waals surface area contributed by atoms with Crippen molar-refractivity contribution in [3.05, 3.63) is 25.6 Å². The van der Waals surface area contributed by atoms with E-state index in [4.69, 9.17) is 51.6 Å². The summed E-state index contributed by atoms with van der Waals surface area (Å²) in [6.45, 7) is 1.38. The number of allylic oxidation sites excluding steroid dienone is 1. The number of halogens is 4. The molecule has 1 aliphatic heterocycles. The molecule has 0 aromatic heterocycles. The number of rotatable bonds is 3. The minimum Gasteiger partial charge on any atom is -0.594 e. The van der Waals surface area contributed by atoms with Crippen LogP contribution in [-0.4, -0.2) is 23.2 Å². The number of nitrogens with zero attached hydrogens (tertiary/aromatic N) is 1. The van der Waals surface area contributed by atoms with Crippen LogP contribution < -0.4 is 5.23 Å². The molecule has 0 aromatic carbocycles. The lowest BCUT2D eigenvalue weighted by molar-refractivity contribution is -1.01. The van der Waals surface area contributed by atoms with Gasteiger partial charge < -0.3 is 10.1 Å². The van der Waals surface area contributed by atoms with Gasteiger partial charge >= 0.3 is 0 Å². The quantitative estimate of drug-likeness (QED) is 0.477. The Morgan fingerprint density at radius 2 is 1.59 bits per heavy atom. The van der Waals surface area contributed by atoms with Gasteiger partial charge in [0.05, 0.1) is 0 Å². The van der Waals surface area contributed by atoms with Gasteiger partial charge in [-0.3, -0.25) is 0 Å². The van der Waals surface area contributed by atoms with Crippen LogP contribution in [0.25, 0.3) is 0 Å². The van der Waals surface area contributed by atoms with Gasteiger partial charge in [-0.05, 0) is 30.9 Å². The van der Waals surface area contributed by atoms with E-state index in [1.54, 1.807) is 4.90 Å². The van der Waals surface area contributed by atoms with E-state index in [0.717, 1.165) is 19.3 Å². The van der Waals surface area contributed by atoms with E-state index in [1.807, 2.05) is 0 Å². The first kappa shape index (κ1) is 15.4. The monoisotopic (exact) mass is 320 g/mol. The van der Waals surface area contributed by atoms with Crippen LogP contribution in [0.4, 0.5) is 0 Å². The normalized spacial score (nSPS) is 19.8. The lowest BCUT2D eigenvalue weighted by atomic mass is 10.1. The lowest BCUT2D eigenvalue weighted by Gasteiger charge is -2.31. The molecular weight excluding hydrogens is 310 g/mol. The Bertz CT molecular complexity index is 334. The van der Waals surface area contributed by atoms with Crippen molar-refractivity contribution in [1.82, 2.24) is 4.90 Å². The predicted octanol–water partition coefficient (Wildman–Crippen LogP) is 2.54. The van der Waals surface area contributed by atoms with Crippen LogP contribution in [0.15, 0.2) is 20.4 Å². The lowest BCUT2D eigenvalue weighted by Crippen LogP contribution is -3.02. The average Bonchev–Trinajstić information content (AvgIpc) is 2.30. The van der Waals surface area contributed by atoms with Crippen LogP contribution >= 0.6 is 46.4 Å². The average molecular weight is 322 g/mol. The molecule has 4 nitrogen and oxygen atoms in total. The van der Waals surface area contributed by atoms with E-state index in [2.05, 4.69) is 0 Å². The third-order valence-corrected chi connectivity index (χ3v) is 3.72. The first-order valence-electron chi connectivity index (χ1n) is 5.04. The molecule has 2 N–H and O–H groups in total. The maximum Gasteiger partial charge on any atom is 0.258 e. The molecule has 0 aromatic rings. The molecule has 1 heterocycles. The van der Waals surface area contributed by atoms with E-state index in [-0.39, 0.29) is 20.4 Å². The van der Waals surface area contributed by atoms with Gasteiger partial charge in [-0.1, -0.05) is 34.8 Å². The Hall–Kier alpha value is 0.320. The minimum absolute atomic E-state index is 0.0253. The maximum absolute atomic E-state index is 10.9. The van der Waals surface area contributed by atoms with Gasteiger partial charge in [0.1, 0.15) is 15.2 Å². The Kier molecular flexibility index (Phi) is 6.37. The summed E-state index contributed by atoms with van der Waals surface area (Å²) >= 11 is 22.9. The van der Waals surface area contributed by atoms with Crippen LogP contribution in [0.5, 0.6) is 0 Å². The molecule has 8 heteroatoms. The van der Waals surface area contributed by atoms with Crippen molar-refractivity contribution in [1.29, 1.82) is 0 Å². The van der Waals surface area contributed by atoms with Crippen LogP contribution in [0.2, 0.25) is 0 Å². The number of nitrogens with one attached hydrogen (secondary N) is 1. The van der Waals surface area contributed by atoms with Crippen molar-refractivity contribution in [3.63, 3.8) is 0 Å². The zero-order valence-corrected chi connectivity index (χ0v) is 11.9. The van der Waals surface area contributed by atoms with E-state index in [1.165, 1.54) is 0 Å². The number of hydroxylamine groups is 2. The summed E-state index contributed by atoms with van der Waals surface area (Å²) in [6, 6.07) is 0. The molecular formula is C9H12Cl4N2O2. The molecule has 0 radical (unpaired) electrons. The van der Waals surface area contributed by atoms with Crippen molar-refractivity contribution in [2.45, 2.75) is 19.3 Å². The molecule has 0 bridgehead atoms. The molecule has 1 atom stereocenters. The summed E-state index contributed by atoms with van der Waals surface area (Å²) in [5, 5.41) is 18.2. The number of hydrogen-bond acceptors (Lipinski definition) is 3. The first-order chi connectivity index (χ1) is 7.95. The zero-order chi connectivity index (χ0) is 13.0. The molecule has 0 amide bonds. The third kappa shape index (κ3) is 4.17. The standard InChI is InChI=1S/C9H12Cl4N2O2/c10-6(8(11)12)7(9(13)15(16)17)14-4-2-1-3-5-14/h15-16H,1-5H2/b9-7+. The zero-order valence-electron chi connectivity index (χ0n) is 8.85. The van der Waals surface area contributed by atoms with E-state index >= 15 is 0 Å². The Morgan fingerprint density at radius 1 is 1.06 bits per heavy atom. The highest BCUT2D eigenvalue weighted by atomic mass is 35.5. The molecule has 1 unspecified atom stereocenters. The second-order valence-corrected chi connectivity index (χ2v) is 5.30. The third-order valence-electron chi connectivity index (χ3n) is 2.44. The SMILES string of the molecule is [O-][NH+](O)/C(Cl)=C(\C(Cl)=C(Cl)Cl)N1CCCCC1. The molecule has 0 aliphatic carbocycles. The van der Waals surface area contributed by atoms with Gasteiger partial charge in [0, 0.05) is 13.1 Å². The summed E-state index contributed by atoms with van der Waals surface area (Å²) in [4.78, 5) is 1.80. The highest BCUT2D eigenvalue weighted by Crippen LogP contribution is 2.31. The predicted molar refractivity (Wildman–Crippen MR) is 69.0 cm³/mol. The van der Waals surface area contributed by atoms with Crippen molar-refractivity contribution in [2.24, 2.45) is 0 Å². The number of hydrogen-bond donors (Lipinski definition) is 2. The summed E-state index contributed by atoms with van der Waals surface area (Å²) in [7, 11) is 0. The van der Waals surface area contributed by atoms with Gasteiger partial charge in [0.15, 0.2) is 0 Å². The van der Waals surface area contributed by atoms with Crippen LogP contribution in [-0.2, 0) is 0 Å². The summed E-state index contributed by atoms with van der Waals surface area (Å²) in [5.74, 6) is 0. The molecule has 98 valence electrons. The second kappa shape index (κ2) is 7.04. The van der Waals surface area contributed by atoms with Gasteiger partial charge in [-0.2, -0.15) is 5.23 Å². The van der Waals surface area contributed by atoms with E-state index in [9.17, 15) is 5.21 Å². The van der Waals surface area contributed by atoms with E-state index < -0.39 is 5.23 Å². The summed E-state index contributed by atoms with van der Waals surface area (Å²) < 4.78 is -0.188. The summed E-state index contributed by atoms with van der Waals surface area (Å²) in [5.41, 5.74) is 0.195. The van der Waals surface area contributed by atoms with Crippen LogP contribution in [0.1, 0.15) is 19.3 Å². The van der Waals surface area contributed by atoms with E-state index in [0.29, 0.717) is 13.1 Å². The van der Waals surface area contributed by atoms with Gasteiger partial charge in [0.25, 0.3) is 5.16 Å². The fourth-order valence-corrected chi connectivity index (χ4v) is 2.34. The Morgan fingerprint density at radius 3 is 2.00 bits per heavy atom. The Balaban J connectivity index is 3.10. The van der Waals surface area contributed by atoms with Crippen LogP contribution in [0.3, 0.4) is 0 Å². The van der Waals surface area contributed by atoms with Crippen molar-refractivity contribution >= 4 is 46.4 Å². The summed E-state index contributed by atoms with van der Waals surface area (Å²) in [6.07, 6.45) is 3.01. The van der Waals surface area contributed by atoms with Crippen molar-refractivity contribution < 1.29 is 10.4 Å². The van der Waals surface area contributed by atoms with Gasteiger partial charge in [-0.15, -0.1) is 0 Å². The van der Waals surface area contributed by atoms with Gasteiger partial charge in [-0.25, -0.2) is 5.21 Å². The number of piperidine rings is 1. The number of likely N-dealkylation sites (tertiary alicyclic amines) is 1. The van der Waals surface area contributed by atoms with Crippen molar-refractivity contribution in [2.75, 3.05) is 13.1 Å². The van der Waals surface area contributed by atoms with Crippen molar-refractivity contribution in [3.8, 4) is 0 Å². The Labute approximate surface area is 120 Å². The first-order valence-corrected chi connectivity index (χ1v) is 6.55. The highest BCUT2D eigenvalue weighted by molar-refractivity contribution is 6.60. The molecule has 17 heavy (non-hydrogen) atoms. The molecule has 0 saturated carbocycles. The molecule has 1 fully saturated rings. The molecule has 1 rings (SSSR count). The second-order valence-electron chi connectivity index (χ2n) is 3.59. The van der Waals surface area contributed by atoms with Crippen LogP contribution in [0, 0.1) is 5.21 Å². The molecule has 1 saturated heterocycles. The minimum atomic E-state index is -1.25. The molecule has 1 aliphatic rings. The fraction of sp³-hybridized carbons (Fsp3) is 0.556. The largest absolute Gasteiger partial charge is 0.594 e. The smallest absolute Gasteiger partial charge is 0.258 e. The maximum atomic E-state index is 10.9. The van der Waals surface area contributed by atoms with Gasteiger partial charge in [0.2, 0.25) is 0 Å². The number of quaternary nitrogens is 1. The fourth-order valence-electron chi connectivity index (χ4n) is 1.68.